The molecule has 1 aliphatic rings. The zero-order chi connectivity index (χ0) is 25.8. The highest BCUT2D eigenvalue weighted by molar-refractivity contribution is 7.80. The van der Waals surface area contributed by atoms with Gasteiger partial charge in [-0.1, -0.05) is 0 Å². The molecule has 192 valence electrons. The van der Waals surface area contributed by atoms with Crippen LogP contribution in [-0.2, 0) is 19.3 Å². The van der Waals surface area contributed by atoms with Gasteiger partial charge in [0, 0.05) is 32.5 Å². The quantitative estimate of drug-likeness (QED) is 0.293. The molecule has 2 rings (SSSR count). The molecule has 13 heteroatoms. The molecule has 34 heavy (non-hydrogen) atoms. The molecule has 1 unspecified atom stereocenters. The Morgan fingerprint density at radius 2 is 1.79 bits per heavy atom. The fraction of sp³-hybridized carbons (Fsp3) is 0.571. The maximum absolute atomic E-state index is 13.0. The minimum absolute atomic E-state index is 0.204. The van der Waals surface area contributed by atoms with Gasteiger partial charge < -0.3 is 19.9 Å². The Morgan fingerprint density at radius 1 is 1.18 bits per heavy atom. The molecule has 1 heterocycles. The number of nitrogens with zero attached hydrogens (tertiary/aromatic N) is 4. The number of hydrogen-bond donors (Lipinski definition) is 2. The molecular formula is C21H34FN5O6S. The minimum Gasteiger partial charge on any atom is -0.444 e. The van der Waals surface area contributed by atoms with Crippen LogP contribution in [0.25, 0.3) is 0 Å². The van der Waals surface area contributed by atoms with Crippen LogP contribution in [0.4, 0.5) is 14.9 Å². The Morgan fingerprint density at radius 3 is 2.35 bits per heavy atom. The molecule has 2 N–H and O–H groups in total. The van der Waals surface area contributed by atoms with Gasteiger partial charge in [0.05, 0.1) is 12.8 Å². The number of carbonyl (C=O) groups excluding carboxylic acids is 1. The first kappa shape index (κ1) is 29.3. The number of carbonyl (C=O) groups is 1. The third kappa shape index (κ3) is 13.1. The average Bonchev–Trinajstić information content (AvgIpc) is 3.08. The van der Waals surface area contributed by atoms with E-state index in [1.807, 2.05) is 45.1 Å². The lowest BCUT2D eigenvalue weighted by Crippen LogP contribution is -2.35. The van der Waals surface area contributed by atoms with E-state index in [4.69, 9.17) is 9.29 Å². The first-order chi connectivity index (χ1) is 15.8. The summed E-state index contributed by atoms with van der Waals surface area (Å²) in [4.78, 5) is 15.7. The Labute approximate surface area is 200 Å². The van der Waals surface area contributed by atoms with Crippen molar-refractivity contribution < 1.29 is 31.1 Å². The monoisotopic (exact) mass is 503 g/mol. The highest BCUT2D eigenvalue weighted by Gasteiger charge is 2.22. The standard InChI is InChI=1S/C20H30FN5O2.CH4O4S/c1-20(2,3)28-19(27)22-12-6-5-7-13-26-15-14-25(4)18(26)24-23-17-10-8-16(21)9-11-17;1-5-6(2,3)4/h8-11,14-15,18H,5-7,12-13H2,1-4H3,(H,22,27);1H3,(H,2,3,4). The summed E-state index contributed by atoms with van der Waals surface area (Å²) in [5.74, 6) is -0.290. The number of unbranched alkanes of at least 4 members (excludes halogenated alkanes) is 2. The molecule has 11 nitrogen and oxygen atoms in total. The largest absolute Gasteiger partial charge is 0.444 e. The molecule has 0 fully saturated rings. The van der Waals surface area contributed by atoms with Gasteiger partial charge in [-0.3, -0.25) is 8.74 Å². The number of hydrogen-bond acceptors (Lipinski definition) is 9. The number of alkyl carbamates (subject to hydrolysis) is 1. The molecule has 0 spiro atoms. The third-order valence-electron chi connectivity index (χ3n) is 4.23. The second kappa shape index (κ2) is 13.8. The summed E-state index contributed by atoms with van der Waals surface area (Å²) in [7, 11) is -1.35. The Bertz CT molecular complexity index is 919. The van der Waals surface area contributed by atoms with Crippen molar-refractivity contribution in [2.24, 2.45) is 10.2 Å². The summed E-state index contributed by atoms with van der Waals surface area (Å²) in [5, 5.41) is 11.4. The lowest BCUT2D eigenvalue weighted by Gasteiger charge is -2.25. The molecule has 1 aromatic carbocycles. The fourth-order valence-corrected chi connectivity index (χ4v) is 2.64. The van der Waals surface area contributed by atoms with E-state index in [0.717, 1.165) is 32.9 Å². The van der Waals surface area contributed by atoms with E-state index in [0.29, 0.717) is 12.2 Å². The third-order valence-corrected chi connectivity index (χ3v) is 4.65. The topological polar surface area (TPSA) is 133 Å². The van der Waals surface area contributed by atoms with Crippen molar-refractivity contribution in [3.63, 3.8) is 0 Å². The number of nitrogens with one attached hydrogen (secondary N) is 1. The predicted molar refractivity (Wildman–Crippen MR) is 125 cm³/mol. The lowest BCUT2D eigenvalue weighted by molar-refractivity contribution is 0.0526. The highest BCUT2D eigenvalue weighted by Crippen LogP contribution is 2.20. The van der Waals surface area contributed by atoms with Crippen LogP contribution < -0.4 is 5.32 Å². The number of halogens is 1. The highest BCUT2D eigenvalue weighted by atomic mass is 32.3. The van der Waals surface area contributed by atoms with E-state index in [1.165, 1.54) is 12.1 Å². The van der Waals surface area contributed by atoms with Crippen molar-refractivity contribution in [2.75, 3.05) is 27.2 Å². The normalized spacial score (nSPS) is 15.9. The van der Waals surface area contributed by atoms with Crippen molar-refractivity contribution >= 4 is 22.2 Å². The van der Waals surface area contributed by atoms with Crippen molar-refractivity contribution in [3.05, 3.63) is 42.5 Å². The van der Waals surface area contributed by atoms with Crippen LogP contribution >= 0.6 is 0 Å². The van der Waals surface area contributed by atoms with Crippen molar-refractivity contribution in [1.82, 2.24) is 15.1 Å². The van der Waals surface area contributed by atoms with Gasteiger partial charge in [0.1, 0.15) is 11.4 Å². The zero-order valence-electron chi connectivity index (χ0n) is 20.1. The number of rotatable bonds is 9. The van der Waals surface area contributed by atoms with Gasteiger partial charge in [-0.25, -0.2) is 9.18 Å². The van der Waals surface area contributed by atoms with Crippen LogP contribution in [0.15, 0.2) is 46.9 Å². The van der Waals surface area contributed by atoms with Gasteiger partial charge in [0.15, 0.2) is 0 Å². The number of benzene rings is 1. The smallest absolute Gasteiger partial charge is 0.407 e. The van der Waals surface area contributed by atoms with E-state index < -0.39 is 16.0 Å². The molecule has 0 aliphatic carbocycles. The van der Waals surface area contributed by atoms with E-state index in [9.17, 15) is 17.6 Å². The molecule has 1 atom stereocenters. The van der Waals surface area contributed by atoms with Crippen molar-refractivity contribution in [3.8, 4) is 0 Å². The number of ether oxygens (including phenoxy) is 1. The van der Waals surface area contributed by atoms with Gasteiger partial charge in [-0.05, 0) is 64.3 Å². The second-order valence-electron chi connectivity index (χ2n) is 8.32. The Hall–Kier alpha value is -2.77. The van der Waals surface area contributed by atoms with Gasteiger partial charge in [0.25, 0.3) is 0 Å². The van der Waals surface area contributed by atoms with Crippen LogP contribution in [0.5, 0.6) is 0 Å². The molecule has 0 saturated carbocycles. The molecule has 0 saturated heterocycles. The summed E-state index contributed by atoms with van der Waals surface area (Å²) >= 11 is 0. The summed E-state index contributed by atoms with van der Waals surface area (Å²) in [5.41, 5.74) is 0.144. The molecule has 0 aromatic heterocycles. The molecule has 0 radical (unpaired) electrons. The fourth-order valence-electron chi connectivity index (χ4n) is 2.64. The van der Waals surface area contributed by atoms with Gasteiger partial charge in [-0.2, -0.15) is 13.5 Å². The minimum atomic E-state index is -4.16. The molecule has 1 aliphatic heterocycles. The van der Waals surface area contributed by atoms with Crippen LogP contribution in [0.3, 0.4) is 0 Å². The summed E-state index contributed by atoms with van der Waals surface area (Å²) < 4.78 is 47.9. The van der Waals surface area contributed by atoms with Crippen LogP contribution in [0.2, 0.25) is 0 Å². The maximum atomic E-state index is 13.0. The summed E-state index contributed by atoms with van der Waals surface area (Å²) in [6, 6.07) is 5.94. The van der Waals surface area contributed by atoms with Gasteiger partial charge >= 0.3 is 16.5 Å². The molecule has 1 aromatic rings. The van der Waals surface area contributed by atoms with Gasteiger partial charge in [-0.15, -0.1) is 5.11 Å². The average molecular weight is 504 g/mol. The maximum Gasteiger partial charge on any atom is 0.407 e. The zero-order valence-corrected chi connectivity index (χ0v) is 21.0. The Balaban J connectivity index is 0.000000852. The van der Waals surface area contributed by atoms with Crippen LogP contribution in [0, 0.1) is 5.82 Å². The first-order valence-corrected chi connectivity index (χ1v) is 12.0. The van der Waals surface area contributed by atoms with Crippen molar-refractivity contribution in [1.29, 1.82) is 0 Å². The number of azo groups is 1. The van der Waals surface area contributed by atoms with Crippen LogP contribution in [-0.4, -0.2) is 68.0 Å². The predicted octanol–water partition coefficient (Wildman–Crippen LogP) is 4.04. The summed E-state index contributed by atoms with van der Waals surface area (Å²) in [6.45, 7) is 6.96. The van der Waals surface area contributed by atoms with Crippen molar-refractivity contribution in [2.45, 2.75) is 51.9 Å². The van der Waals surface area contributed by atoms with E-state index in [2.05, 4.69) is 24.6 Å². The molecule has 1 amide bonds. The van der Waals surface area contributed by atoms with E-state index >= 15 is 0 Å². The number of amides is 1. The van der Waals surface area contributed by atoms with E-state index in [1.54, 1.807) is 12.1 Å². The SMILES string of the molecule is CN1C=CN(CCCCCNC(=O)OC(C)(C)C)C1N=Nc1ccc(F)cc1.COS(=O)(=O)O. The molecular weight excluding hydrogens is 469 g/mol. The Kier molecular flexibility index (Phi) is 11.9. The van der Waals surface area contributed by atoms with Gasteiger partial charge in [0.2, 0.25) is 6.29 Å². The molecule has 0 bridgehead atoms. The summed E-state index contributed by atoms with van der Waals surface area (Å²) in [6.07, 6.45) is 6.20. The first-order valence-electron chi connectivity index (χ1n) is 10.6. The van der Waals surface area contributed by atoms with E-state index in [-0.39, 0.29) is 18.2 Å². The van der Waals surface area contributed by atoms with Crippen LogP contribution in [0.1, 0.15) is 40.0 Å². The second-order valence-corrected chi connectivity index (χ2v) is 9.51. The lowest BCUT2D eigenvalue weighted by atomic mass is 10.2.